The topological polar surface area (TPSA) is 122 Å². The highest BCUT2D eigenvalue weighted by atomic mass is 16.5. The summed E-state index contributed by atoms with van der Waals surface area (Å²) < 4.78 is 29.0. The number of hydrogen-bond donors (Lipinski definition) is 1. The van der Waals surface area contributed by atoms with Crippen molar-refractivity contribution in [1.82, 2.24) is 9.78 Å². The van der Waals surface area contributed by atoms with Gasteiger partial charge >= 0.3 is 5.97 Å². The average molecular weight is 480 g/mol. The number of methoxy groups -OCH3 is 4. The van der Waals surface area contributed by atoms with Gasteiger partial charge in [0.05, 0.1) is 52.2 Å². The fraction of sp³-hybridized carbons (Fsp3) is 0.240. The predicted octanol–water partition coefficient (Wildman–Crippen LogP) is 3.94. The molecule has 1 aliphatic rings. The Morgan fingerprint density at radius 1 is 1.09 bits per heavy atom. The normalized spacial score (nSPS) is 13.7. The van der Waals surface area contributed by atoms with Crippen LogP contribution in [0.4, 0.5) is 0 Å². The molecule has 0 fully saturated rings. The Labute approximate surface area is 200 Å². The molecule has 35 heavy (non-hydrogen) atoms. The molecule has 2 aromatic heterocycles. The van der Waals surface area contributed by atoms with Crippen LogP contribution in [0.3, 0.4) is 0 Å². The largest absolute Gasteiger partial charge is 0.501 e. The van der Waals surface area contributed by atoms with Gasteiger partial charge in [-0.1, -0.05) is 0 Å². The molecule has 1 N–H and O–H groups in total. The molecule has 0 saturated heterocycles. The van der Waals surface area contributed by atoms with Crippen LogP contribution in [0.2, 0.25) is 0 Å². The van der Waals surface area contributed by atoms with E-state index in [9.17, 15) is 9.59 Å². The standard InChI is InChI=1S/C25H24N2O8/c1-31-16-5-6-18-19(9-16)35-25(15-11-26-27(12-15)13-22(28)29)23(18)24(30)14-7-17(32-2)10-21(34-4)20(8-14)33-3/h5-9,11-12H,10,13H2,1-4H3,(H,28,29). The van der Waals surface area contributed by atoms with Gasteiger partial charge in [-0.3, -0.25) is 14.3 Å². The summed E-state index contributed by atoms with van der Waals surface area (Å²) in [5.74, 6) is 0.837. The molecule has 0 atom stereocenters. The molecular formula is C25H24N2O8. The third kappa shape index (κ3) is 4.63. The Kier molecular flexibility index (Phi) is 6.63. The van der Waals surface area contributed by atoms with E-state index in [1.165, 1.54) is 45.5 Å². The van der Waals surface area contributed by atoms with Crippen LogP contribution in [0.5, 0.6) is 5.75 Å². The lowest BCUT2D eigenvalue weighted by atomic mass is 9.97. The van der Waals surface area contributed by atoms with Gasteiger partial charge in [0.1, 0.15) is 35.2 Å². The molecule has 0 saturated carbocycles. The quantitative estimate of drug-likeness (QED) is 0.454. The van der Waals surface area contributed by atoms with Crippen LogP contribution in [0.1, 0.15) is 16.8 Å². The molecule has 0 amide bonds. The first-order valence-electron chi connectivity index (χ1n) is 10.6. The van der Waals surface area contributed by atoms with Gasteiger partial charge in [0.2, 0.25) is 0 Å². The number of ketones is 1. The number of carbonyl (C=O) groups is 2. The predicted molar refractivity (Wildman–Crippen MR) is 125 cm³/mol. The maximum absolute atomic E-state index is 14.0. The second-order valence-corrected chi connectivity index (χ2v) is 7.60. The van der Waals surface area contributed by atoms with Gasteiger partial charge in [-0.15, -0.1) is 0 Å². The van der Waals surface area contributed by atoms with Crippen LogP contribution in [0, 0.1) is 0 Å². The number of benzene rings is 1. The highest BCUT2D eigenvalue weighted by Gasteiger charge is 2.27. The minimum absolute atomic E-state index is 0.252. The fourth-order valence-electron chi connectivity index (χ4n) is 3.82. The number of rotatable bonds is 9. The number of furan rings is 1. The number of carboxylic acid groups (broad SMARTS) is 1. The summed E-state index contributed by atoms with van der Waals surface area (Å²) in [4.78, 5) is 25.1. The lowest BCUT2D eigenvalue weighted by molar-refractivity contribution is -0.137. The molecule has 10 nitrogen and oxygen atoms in total. The molecule has 0 radical (unpaired) electrons. The molecule has 10 heteroatoms. The summed E-state index contributed by atoms with van der Waals surface area (Å²) in [7, 11) is 6.06. The van der Waals surface area contributed by atoms with Crippen LogP contribution >= 0.6 is 0 Å². The zero-order chi connectivity index (χ0) is 25.1. The number of allylic oxidation sites excluding steroid dienone is 3. The first-order valence-corrected chi connectivity index (χ1v) is 10.6. The van der Waals surface area contributed by atoms with Gasteiger partial charge in [0.15, 0.2) is 11.5 Å². The Hall–Kier alpha value is -4.47. The van der Waals surface area contributed by atoms with Crippen molar-refractivity contribution in [2.45, 2.75) is 13.0 Å². The third-order valence-electron chi connectivity index (χ3n) is 5.52. The summed E-state index contributed by atoms with van der Waals surface area (Å²) in [5.41, 5.74) is 1.46. The van der Waals surface area contributed by atoms with E-state index in [0.717, 1.165) is 0 Å². The number of aromatic nitrogens is 2. The van der Waals surface area contributed by atoms with Crippen molar-refractivity contribution in [3.8, 4) is 17.1 Å². The van der Waals surface area contributed by atoms with E-state index in [2.05, 4.69) is 5.10 Å². The number of aliphatic carboxylic acids is 1. The Morgan fingerprint density at radius 2 is 1.89 bits per heavy atom. The second kappa shape index (κ2) is 9.80. The first-order chi connectivity index (χ1) is 16.9. The SMILES string of the molecule is COC1=CC(C(=O)c2c(-c3cnn(CC(=O)O)c3)oc3cc(OC)ccc23)=CC(OC)=C(OC)C1. The zero-order valence-electron chi connectivity index (χ0n) is 19.7. The number of hydrogen-bond acceptors (Lipinski definition) is 8. The number of carbonyl (C=O) groups excluding carboxylic acids is 1. The molecule has 2 heterocycles. The van der Waals surface area contributed by atoms with Gasteiger partial charge in [0, 0.05) is 23.2 Å². The zero-order valence-corrected chi connectivity index (χ0v) is 19.7. The summed E-state index contributed by atoms with van der Waals surface area (Å²) in [6.45, 7) is -0.329. The molecule has 1 aliphatic carbocycles. The Bertz CT molecular complexity index is 1390. The smallest absolute Gasteiger partial charge is 0.325 e. The highest BCUT2D eigenvalue weighted by Crippen LogP contribution is 2.38. The maximum atomic E-state index is 14.0. The lowest BCUT2D eigenvalue weighted by Crippen LogP contribution is -2.08. The van der Waals surface area contributed by atoms with E-state index in [0.29, 0.717) is 51.6 Å². The molecule has 0 unspecified atom stereocenters. The van der Waals surface area contributed by atoms with E-state index in [-0.39, 0.29) is 23.7 Å². The molecule has 0 spiro atoms. The van der Waals surface area contributed by atoms with Crippen molar-refractivity contribution in [3.63, 3.8) is 0 Å². The average Bonchev–Trinajstić information content (AvgIpc) is 3.41. The minimum atomic E-state index is -1.04. The van der Waals surface area contributed by atoms with Gasteiger partial charge in [-0.05, 0) is 24.3 Å². The lowest BCUT2D eigenvalue weighted by Gasteiger charge is -2.10. The van der Waals surface area contributed by atoms with E-state index < -0.39 is 5.97 Å². The van der Waals surface area contributed by atoms with E-state index in [1.54, 1.807) is 30.4 Å². The first kappa shape index (κ1) is 23.7. The van der Waals surface area contributed by atoms with Crippen LogP contribution < -0.4 is 4.74 Å². The van der Waals surface area contributed by atoms with Crippen LogP contribution in [-0.2, 0) is 25.5 Å². The summed E-state index contributed by atoms with van der Waals surface area (Å²) in [6, 6.07) is 5.15. The van der Waals surface area contributed by atoms with Crippen molar-refractivity contribution in [3.05, 3.63) is 71.2 Å². The summed E-state index contributed by atoms with van der Waals surface area (Å²) >= 11 is 0. The molecule has 4 rings (SSSR count). The van der Waals surface area contributed by atoms with Crippen molar-refractivity contribution in [2.24, 2.45) is 0 Å². The molecular weight excluding hydrogens is 456 g/mol. The maximum Gasteiger partial charge on any atom is 0.325 e. The number of fused-ring (bicyclic) bond motifs is 1. The van der Waals surface area contributed by atoms with E-state index in [1.807, 2.05) is 0 Å². The summed E-state index contributed by atoms with van der Waals surface area (Å²) in [6.07, 6.45) is 6.50. The fourth-order valence-corrected chi connectivity index (χ4v) is 3.82. The number of carboxylic acids is 1. The van der Waals surface area contributed by atoms with Crippen molar-refractivity contribution < 1.29 is 38.1 Å². The summed E-state index contributed by atoms with van der Waals surface area (Å²) in [5, 5.41) is 13.7. The molecule has 0 bridgehead atoms. The van der Waals surface area contributed by atoms with Crippen LogP contribution in [-0.4, -0.2) is 55.1 Å². The minimum Gasteiger partial charge on any atom is -0.501 e. The Morgan fingerprint density at radius 3 is 2.54 bits per heavy atom. The Balaban J connectivity index is 1.91. The number of nitrogens with zero attached hydrogens (tertiary/aromatic N) is 2. The molecule has 0 aliphatic heterocycles. The van der Waals surface area contributed by atoms with Crippen molar-refractivity contribution in [1.29, 1.82) is 0 Å². The van der Waals surface area contributed by atoms with Crippen molar-refractivity contribution >= 4 is 22.7 Å². The van der Waals surface area contributed by atoms with Gasteiger partial charge in [-0.25, -0.2) is 0 Å². The van der Waals surface area contributed by atoms with E-state index >= 15 is 0 Å². The second-order valence-electron chi connectivity index (χ2n) is 7.60. The number of Topliss-reactive ketones (excluding diaryl/α,β-unsaturated/α-hetero) is 1. The van der Waals surface area contributed by atoms with Gasteiger partial charge in [0.25, 0.3) is 0 Å². The van der Waals surface area contributed by atoms with Gasteiger partial charge < -0.3 is 28.5 Å². The number of ether oxygens (including phenoxy) is 4. The monoisotopic (exact) mass is 480 g/mol. The third-order valence-corrected chi connectivity index (χ3v) is 5.52. The molecule has 3 aromatic rings. The molecule has 1 aromatic carbocycles. The van der Waals surface area contributed by atoms with Crippen LogP contribution in [0.25, 0.3) is 22.3 Å². The van der Waals surface area contributed by atoms with Gasteiger partial charge in [-0.2, -0.15) is 5.10 Å². The molecule has 182 valence electrons. The van der Waals surface area contributed by atoms with Crippen molar-refractivity contribution in [2.75, 3.05) is 28.4 Å². The highest BCUT2D eigenvalue weighted by molar-refractivity contribution is 6.20. The van der Waals surface area contributed by atoms with E-state index in [4.69, 9.17) is 28.5 Å². The van der Waals surface area contributed by atoms with Crippen LogP contribution in [0.15, 0.2) is 70.0 Å².